The van der Waals surface area contributed by atoms with Crippen LogP contribution in [0.2, 0.25) is 10.0 Å². The largest absolute Gasteiger partial charge is 0.492 e. The molecule has 0 atom stereocenters. The van der Waals surface area contributed by atoms with Gasteiger partial charge < -0.3 is 14.4 Å². The van der Waals surface area contributed by atoms with Crippen molar-refractivity contribution >= 4 is 41.5 Å². The Morgan fingerprint density at radius 3 is 1.88 bits per heavy atom. The second kappa shape index (κ2) is 13.3. The molecule has 0 radical (unpaired) electrons. The molecule has 11 heteroatoms. The molecule has 0 spiro atoms. The van der Waals surface area contributed by atoms with Crippen LogP contribution >= 0.6 is 35.6 Å². The average Bonchev–Trinajstić information content (AvgIpc) is 3.33. The Morgan fingerprint density at radius 2 is 1.38 bits per heavy atom. The van der Waals surface area contributed by atoms with E-state index in [-0.39, 0.29) is 46.4 Å². The number of benzene rings is 3. The molecule has 0 bridgehead atoms. The van der Waals surface area contributed by atoms with Crippen LogP contribution in [0.1, 0.15) is 22.3 Å². The molecule has 2 aliphatic rings. The van der Waals surface area contributed by atoms with E-state index in [0.717, 1.165) is 5.56 Å². The first-order chi connectivity index (χ1) is 19.6. The average molecular weight is 641 g/mol. The number of halogens is 5. The lowest BCUT2D eigenvalue weighted by molar-refractivity contribution is -0.145. The van der Waals surface area contributed by atoms with Crippen LogP contribution in [0, 0.1) is 11.6 Å². The molecule has 1 saturated heterocycles. The zero-order chi connectivity index (χ0) is 29.3. The number of amides is 1. The zero-order valence-corrected chi connectivity index (χ0v) is 26.1. The van der Waals surface area contributed by atoms with E-state index in [1.165, 1.54) is 37.5 Å². The van der Waals surface area contributed by atoms with Crippen LogP contribution in [0.15, 0.2) is 48.5 Å². The number of carbonyl (C=O) groups is 1. The van der Waals surface area contributed by atoms with Crippen LogP contribution in [0.5, 0.6) is 11.5 Å². The summed E-state index contributed by atoms with van der Waals surface area (Å²) in [5, 5.41) is 0.413. The van der Waals surface area contributed by atoms with Crippen molar-refractivity contribution in [2.75, 3.05) is 47.4 Å². The molecule has 6 nitrogen and oxygen atoms in total. The lowest BCUT2D eigenvalue weighted by Crippen LogP contribution is -2.64. The van der Waals surface area contributed by atoms with Crippen LogP contribution in [-0.2, 0) is 30.7 Å². The van der Waals surface area contributed by atoms with Gasteiger partial charge in [-0.1, -0.05) is 47.5 Å². The zero-order valence-electron chi connectivity index (χ0n) is 23.8. The first kappa shape index (κ1) is 32.3. The number of hydrogen-bond acceptors (Lipinski definition) is 5. The lowest BCUT2D eigenvalue weighted by Gasteiger charge is -2.46. The predicted octanol–water partition coefficient (Wildman–Crippen LogP) is 6.02. The topological polar surface area (TPSA) is 45.2 Å². The molecule has 0 N–H and O–H groups in total. The molecule has 1 aliphatic carbocycles. The van der Waals surface area contributed by atoms with Crippen molar-refractivity contribution in [3.63, 3.8) is 0 Å². The van der Waals surface area contributed by atoms with Crippen molar-refractivity contribution < 1.29 is 23.0 Å². The highest BCUT2D eigenvalue weighted by molar-refractivity contribution is 6.32. The van der Waals surface area contributed by atoms with Gasteiger partial charge >= 0.3 is 0 Å². The molecule has 226 valence electrons. The third-order valence-electron chi connectivity index (χ3n) is 8.16. The Bertz CT molecular complexity index is 1380. The van der Waals surface area contributed by atoms with Gasteiger partial charge in [0.05, 0.1) is 24.3 Å². The first-order valence-electron chi connectivity index (χ1n) is 13.5. The summed E-state index contributed by atoms with van der Waals surface area (Å²) in [5.74, 6) is -1.02. The minimum atomic E-state index is -0.755. The number of rotatable bonds is 8. The van der Waals surface area contributed by atoms with Crippen molar-refractivity contribution in [2.24, 2.45) is 0 Å². The van der Waals surface area contributed by atoms with E-state index in [9.17, 15) is 13.6 Å². The number of piperazine rings is 1. The van der Waals surface area contributed by atoms with Crippen LogP contribution in [0.4, 0.5) is 8.78 Å². The number of methoxy groups -OCH3 is 2. The van der Waals surface area contributed by atoms with E-state index in [1.54, 1.807) is 24.1 Å². The molecule has 1 heterocycles. The minimum absolute atomic E-state index is 0. The molecule has 0 saturated carbocycles. The molecule has 5 rings (SSSR count). The first-order valence-corrected chi connectivity index (χ1v) is 14.2. The van der Waals surface area contributed by atoms with Crippen LogP contribution in [0.3, 0.4) is 0 Å². The Balaban J connectivity index is 0.00000405. The van der Waals surface area contributed by atoms with Crippen molar-refractivity contribution in [3.05, 3.63) is 92.5 Å². The maximum absolute atomic E-state index is 14.5. The summed E-state index contributed by atoms with van der Waals surface area (Å²) in [7, 11) is 4.51. The van der Waals surface area contributed by atoms with Crippen molar-refractivity contribution in [3.8, 4) is 11.5 Å². The van der Waals surface area contributed by atoms with E-state index in [2.05, 4.69) is 21.9 Å². The van der Waals surface area contributed by atoms with Gasteiger partial charge in [0.1, 0.15) is 5.54 Å². The monoisotopic (exact) mass is 639 g/mol. The van der Waals surface area contributed by atoms with Gasteiger partial charge in [0, 0.05) is 59.2 Å². The molecule has 42 heavy (non-hydrogen) atoms. The standard InChI is InChI=1S/C31H33Cl2F2N3O3.ClH/c1-36(18-20-12-24(32)28(40-2)26(34)14-20)30(39)31(16-22-6-4-5-7-23(22)17-31)38-10-8-37(9-11-38)19-21-13-25(33)29(41-3)27(35)15-21;/h4-7,12-15H,8-11,16-19H2,1-3H3;1H. The summed E-state index contributed by atoms with van der Waals surface area (Å²) in [6, 6.07) is 14.4. The highest BCUT2D eigenvalue weighted by Gasteiger charge is 2.50. The van der Waals surface area contributed by atoms with Gasteiger partial charge in [-0.05, 0) is 46.5 Å². The Hall–Kier alpha value is -2.62. The van der Waals surface area contributed by atoms with Gasteiger partial charge in [0.25, 0.3) is 0 Å². The van der Waals surface area contributed by atoms with Crippen molar-refractivity contribution in [1.29, 1.82) is 0 Å². The molecule has 3 aromatic carbocycles. The Labute approximate surface area is 261 Å². The van der Waals surface area contributed by atoms with E-state index in [1.807, 2.05) is 12.1 Å². The highest BCUT2D eigenvalue weighted by Crippen LogP contribution is 2.38. The molecule has 1 amide bonds. The van der Waals surface area contributed by atoms with Crippen molar-refractivity contribution in [2.45, 2.75) is 31.5 Å². The number of hydrogen-bond donors (Lipinski definition) is 0. The second-order valence-electron chi connectivity index (χ2n) is 10.8. The van der Waals surface area contributed by atoms with Gasteiger partial charge in [-0.25, -0.2) is 8.78 Å². The minimum Gasteiger partial charge on any atom is -0.492 e. The molecule has 0 unspecified atom stereocenters. The fourth-order valence-electron chi connectivity index (χ4n) is 6.20. The Morgan fingerprint density at radius 1 is 0.881 bits per heavy atom. The number of fused-ring (bicyclic) bond motifs is 1. The molecular weight excluding hydrogens is 607 g/mol. The smallest absolute Gasteiger partial charge is 0.243 e. The van der Waals surface area contributed by atoms with Crippen LogP contribution in [-0.4, -0.2) is 73.6 Å². The van der Waals surface area contributed by atoms with E-state index in [0.29, 0.717) is 51.1 Å². The normalized spacial score (nSPS) is 16.5. The number of nitrogens with zero attached hydrogens (tertiary/aromatic N) is 3. The van der Waals surface area contributed by atoms with Gasteiger partial charge in [0.15, 0.2) is 23.1 Å². The van der Waals surface area contributed by atoms with Crippen LogP contribution in [0.25, 0.3) is 0 Å². The molecule has 0 aromatic heterocycles. The van der Waals surface area contributed by atoms with Gasteiger partial charge in [-0.2, -0.15) is 0 Å². The molecular formula is C31H34Cl3F2N3O3. The molecule has 1 fully saturated rings. The third kappa shape index (κ3) is 6.33. The number of likely N-dealkylation sites (N-methyl/N-ethyl adjacent to an activating group) is 1. The third-order valence-corrected chi connectivity index (χ3v) is 8.72. The number of carbonyl (C=O) groups excluding carboxylic acids is 1. The van der Waals surface area contributed by atoms with Crippen molar-refractivity contribution in [1.82, 2.24) is 14.7 Å². The van der Waals surface area contributed by atoms with Gasteiger partial charge in [-0.3, -0.25) is 14.6 Å². The SMILES string of the molecule is COc1c(F)cc(CN2CCN(C3(C(=O)N(C)Cc4cc(F)c(OC)c(Cl)c4)Cc4ccccc4C3)CC2)cc1Cl.Cl. The fourth-order valence-corrected chi connectivity index (χ4v) is 6.81. The summed E-state index contributed by atoms with van der Waals surface area (Å²) in [5.41, 5.74) is 2.93. The fraction of sp³-hybridized carbons (Fsp3) is 0.387. The van der Waals surface area contributed by atoms with Crippen LogP contribution < -0.4 is 9.47 Å². The van der Waals surface area contributed by atoms with E-state index >= 15 is 0 Å². The predicted molar refractivity (Wildman–Crippen MR) is 163 cm³/mol. The Kier molecular flexibility index (Phi) is 10.3. The lowest BCUT2D eigenvalue weighted by atomic mass is 9.90. The summed E-state index contributed by atoms with van der Waals surface area (Å²) >= 11 is 12.4. The van der Waals surface area contributed by atoms with Gasteiger partial charge in [-0.15, -0.1) is 12.4 Å². The summed E-state index contributed by atoms with van der Waals surface area (Å²) in [6.45, 7) is 3.51. The van der Waals surface area contributed by atoms with E-state index in [4.69, 9.17) is 32.7 Å². The molecule has 1 aliphatic heterocycles. The number of ether oxygens (including phenoxy) is 2. The summed E-state index contributed by atoms with van der Waals surface area (Å²) < 4.78 is 39.0. The molecule has 3 aromatic rings. The maximum Gasteiger partial charge on any atom is 0.243 e. The maximum atomic E-state index is 14.5. The highest BCUT2D eigenvalue weighted by atomic mass is 35.5. The summed E-state index contributed by atoms with van der Waals surface area (Å²) in [6.07, 6.45) is 1.20. The quantitative estimate of drug-likeness (QED) is 0.301. The second-order valence-corrected chi connectivity index (χ2v) is 11.6. The van der Waals surface area contributed by atoms with E-state index < -0.39 is 17.2 Å². The summed E-state index contributed by atoms with van der Waals surface area (Å²) in [4.78, 5) is 20.5. The van der Waals surface area contributed by atoms with Gasteiger partial charge in [0.2, 0.25) is 5.91 Å².